The number of anilines is 1. The van der Waals surface area contributed by atoms with E-state index >= 15 is 0 Å². The molecule has 6 heteroatoms. The molecular weight excluding hydrogens is 308 g/mol. The van der Waals surface area contributed by atoms with Gasteiger partial charge in [-0.05, 0) is 43.9 Å². The zero-order valence-electron chi connectivity index (χ0n) is 14.1. The summed E-state index contributed by atoms with van der Waals surface area (Å²) in [6, 6.07) is 7.23. The van der Waals surface area contributed by atoms with Gasteiger partial charge >= 0.3 is 5.97 Å². The molecule has 0 radical (unpaired) electrons. The zero-order valence-corrected chi connectivity index (χ0v) is 14.1. The second-order valence-corrected chi connectivity index (χ2v) is 5.98. The van der Waals surface area contributed by atoms with E-state index in [1.54, 1.807) is 12.1 Å². The normalized spacial score (nSPS) is 12.0. The number of aryl methyl sites for hydroxylation is 3. The van der Waals surface area contributed by atoms with Crippen LogP contribution in [0.3, 0.4) is 0 Å². The van der Waals surface area contributed by atoms with Crippen LogP contribution >= 0.6 is 0 Å². The van der Waals surface area contributed by atoms with Crippen LogP contribution in [-0.2, 0) is 16.0 Å². The third kappa shape index (κ3) is 4.68. The maximum atomic E-state index is 12.2. The maximum Gasteiger partial charge on any atom is 0.303 e. The number of nitrogens with one attached hydrogen (secondary N) is 1. The second-order valence-electron chi connectivity index (χ2n) is 5.98. The number of carboxylic acid groups (broad SMARTS) is 1. The monoisotopic (exact) mass is 330 g/mol. The van der Waals surface area contributed by atoms with Crippen molar-refractivity contribution < 1.29 is 19.2 Å². The first-order valence-corrected chi connectivity index (χ1v) is 7.90. The van der Waals surface area contributed by atoms with Gasteiger partial charge in [-0.3, -0.25) is 9.59 Å². The summed E-state index contributed by atoms with van der Waals surface area (Å²) >= 11 is 0. The van der Waals surface area contributed by atoms with Gasteiger partial charge in [0.05, 0.1) is 5.69 Å². The third-order valence-corrected chi connectivity index (χ3v) is 3.94. The summed E-state index contributed by atoms with van der Waals surface area (Å²) in [5.41, 5.74) is 3.43. The van der Waals surface area contributed by atoms with Crippen LogP contribution in [-0.4, -0.2) is 22.1 Å². The van der Waals surface area contributed by atoms with Crippen LogP contribution in [0.4, 0.5) is 5.69 Å². The molecule has 1 heterocycles. The third-order valence-electron chi connectivity index (χ3n) is 3.94. The van der Waals surface area contributed by atoms with Crippen LogP contribution in [0.2, 0.25) is 0 Å². The van der Waals surface area contributed by atoms with Crippen molar-refractivity contribution in [3.8, 4) is 0 Å². The molecule has 24 heavy (non-hydrogen) atoms. The summed E-state index contributed by atoms with van der Waals surface area (Å²) in [6.45, 7) is 5.69. The van der Waals surface area contributed by atoms with Crippen molar-refractivity contribution in [3.63, 3.8) is 0 Å². The van der Waals surface area contributed by atoms with Gasteiger partial charge in [-0.1, -0.05) is 24.2 Å². The summed E-state index contributed by atoms with van der Waals surface area (Å²) in [7, 11) is 0. The molecule has 2 rings (SSSR count). The molecule has 0 aliphatic heterocycles. The molecular formula is C18H22N2O4. The minimum atomic E-state index is -0.819. The fourth-order valence-corrected chi connectivity index (χ4v) is 2.79. The van der Waals surface area contributed by atoms with Gasteiger partial charge in [-0.2, -0.15) is 0 Å². The fraction of sp³-hybridized carbons (Fsp3) is 0.389. The van der Waals surface area contributed by atoms with E-state index in [1.807, 2.05) is 32.9 Å². The minimum Gasteiger partial charge on any atom is -0.481 e. The van der Waals surface area contributed by atoms with Crippen molar-refractivity contribution in [2.24, 2.45) is 0 Å². The number of carboxylic acids is 1. The number of aliphatic carboxylic acids is 1. The number of aromatic nitrogens is 1. The highest BCUT2D eigenvalue weighted by Crippen LogP contribution is 2.26. The van der Waals surface area contributed by atoms with Crippen LogP contribution < -0.4 is 5.32 Å². The lowest BCUT2D eigenvalue weighted by Crippen LogP contribution is -2.15. The Morgan fingerprint density at radius 3 is 2.46 bits per heavy atom. The quantitative estimate of drug-likeness (QED) is 0.811. The van der Waals surface area contributed by atoms with E-state index < -0.39 is 5.97 Å². The van der Waals surface area contributed by atoms with E-state index in [9.17, 15) is 9.59 Å². The van der Waals surface area contributed by atoms with E-state index in [1.165, 1.54) is 0 Å². The van der Waals surface area contributed by atoms with Gasteiger partial charge in [0.25, 0.3) is 0 Å². The molecule has 6 nitrogen and oxygen atoms in total. The lowest BCUT2D eigenvalue weighted by Gasteiger charge is -2.12. The molecule has 2 N–H and O–H groups in total. The summed E-state index contributed by atoms with van der Waals surface area (Å²) in [4.78, 5) is 22.8. The number of rotatable bonds is 7. The van der Waals surface area contributed by atoms with Gasteiger partial charge in [0.15, 0.2) is 0 Å². The molecule has 1 unspecified atom stereocenters. The highest BCUT2D eigenvalue weighted by molar-refractivity contribution is 5.91. The van der Waals surface area contributed by atoms with Crippen LogP contribution in [0, 0.1) is 13.8 Å². The molecule has 1 aromatic heterocycles. The highest BCUT2D eigenvalue weighted by Gasteiger charge is 2.19. The number of hydrogen-bond donors (Lipinski definition) is 2. The fourth-order valence-electron chi connectivity index (χ4n) is 2.79. The molecule has 2 aromatic rings. The first-order valence-electron chi connectivity index (χ1n) is 7.90. The molecule has 1 atom stereocenters. The Bertz CT molecular complexity index is 700. The molecule has 0 aliphatic rings. The van der Waals surface area contributed by atoms with Gasteiger partial charge in [0.2, 0.25) is 5.91 Å². The second kappa shape index (κ2) is 7.77. The molecule has 128 valence electrons. The topological polar surface area (TPSA) is 92.4 Å². The highest BCUT2D eigenvalue weighted by atomic mass is 16.5. The number of hydrogen-bond acceptors (Lipinski definition) is 4. The van der Waals surface area contributed by atoms with Crippen LogP contribution in [0.15, 0.2) is 28.8 Å². The average molecular weight is 330 g/mol. The van der Waals surface area contributed by atoms with Gasteiger partial charge in [0.1, 0.15) is 5.76 Å². The van der Waals surface area contributed by atoms with E-state index in [4.69, 9.17) is 9.63 Å². The summed E-state index contributed by atoms with van der Waals surface area (Å²) < 4.78 is 5.15. The van der Waals surface area contributed by atoms with Crippen LogP contribution in [0.25, 0.3) is 0 Å². The number of nitrogens with zero attached hydrogens (tertiary/aromatic N) is 1. The molecule has 0 aliphatic carbocycles. The van der Waals surface area contributed by atoms with Crippen molar-refractivity contribution in [1.82, 2.24) is 5.16 Å². The Morgan fingerprint density at radius 1 is 1.25 bits per heavy atom. The Hall–Kier alpha value is -2.63. The minimum absolute atomic E-state index is 0.0195. The Balaban J connectivity index is 1.91. The van der Waals surface area contributed by atoms with E-state index in [-0.39, 0.29) is 18.2 Å². The predicted octanol–water partition coefficient (Wildman–Crippen LogP) is 3.44. The first-order chi connectivity index (χ1) is 11.4. The van der Waals surface area contributed by atoms with E-state index in [0.717, 1.165) is 22.6 Å². The van der Waals surface area contributed by atoms with Crippen molar-refractivity contribution in [3.05, 3.63) is 46.8 Å². The van der Waals surface area contributed by atoms with Crippen LogP contribution in [0.1, 0.15) is 48.3 Å². The number of benzene rings is 1. The summed E-state index contributed by atoms with van der Waals surface area (Å²) in [5, 5.41) is 15.5. The van der Waals surface area contributed by atoms with Gasteiger partial charge < -0.3 is 14.9 Å². The van der Waals surface area contributed by atoms with Crippen molar-refractivity contribution in [2.45, 2.75) is 46.0 Å². The lowest BCUT2D eigenvalue weighted by molar-refractivity contribution is -0.137. The smallest absolute Gasteiger partial charge is 0.303 e. The van der Waals surface area contributed by atoms with Crippen molar-refractivity contribution in [1.29, 1.82) is 0 Å². The standard InChI is InChI=1S/C18H22N2O4/c1-11(18-12(2)20-24-13(18)3)10-16(21)19-15-7-4-14(5-8-15)6-9-17(22)23/h4-5,7-8,11H,6,9-10H2,1-3H3,(H,19,21)(H,22,23). The maximum absolute atomic E-state index is 12.2. The largest absolute Gasteiger partial charge is 0.481 e. The number of carbonyl (C=O) groups excluding carboxylic acids is 1. The Morgan fingerprint density at radius 2 is 1.92 bits per heavy atom. The average Bonchev–Trinajstić information content (AvgIpc) is 2.85. The number of amides is 1. The molecule has 0 bridgehead atoms. The van der Waals surface area contributed by atoms with Gasteiger partial charge in [-0.25, -0.2) is 0 Å². The van der Waals surface area contributed by atoms with Crippen LogP contribution in [0.5, 0.6) is 0 Å². The Labute approximate surface area is 140 Å². The summed E-state index contributed by atoms with van der Waals surface area (Å²) in [6.07, 6.45) is 0.914. The molecule has 0 saturated carbocycles. The SMILES string of the molecule is Cc1noc(C)c1C(C)CC(=O)Nc1ccc(CCC(=O)O)cc1. The number of carbonyl (C=O) groups is 2. The van der Waals surface area contributed by atoms with Gasteiger partial charge in [0, 0.05) is 24.1 Å². The molecule has 1 amide bonds. The van der Waals surface area contributed by atoms with E-state index in [0.29, 0.717) is 18.5 Å². The zero-order chi connectivity index (χ0) is 17.7. The van der Waals surface area contributed by atoms with Crippen molar-refractivity contribution in [2.75, 3.05) is 5.32 Å². The van der Waals surface area contributed by atoms with Crippen molar-refractivity contribution >= 4 is 17.6 Å². The van der Waals surface area contributed by atoms with E-state index in [2.05, 4.69) is 10.5 Å². The summed E-state index contributed by atoms with van der Waals surface area (Å²) in [5.74, 6) is -0.136. The first kappa shape index (κ1) is 17.7. The molecule has 0 saturated heterocycles. The predicted molar refractivity (Wildman–Crippen MR) is 90.0 cm³/mol. The molecule has 1 aromatic carbocycles. The Kier molecular flexibility index (Phi) is 5.73. The lowest BCUT2D eigenvalue weighted by atomic mass is 9.96. The molecule has 0 fully saturated rings. The molecule has 0 spiro atoms. The van der Waals surface area contributed by atoms with Gasteiger partial charge in [-0.15, -0.1) is 0 Å².